The number of thioether (sulfide) groups is 1. The minimum Gasteiger partial charge on any atom is -0.480 e. The number of nitrogens with zero attached hydrogens (tertiary/aromatic N) is 4. The van der Waals surface area contributed by atoms with Gasteiger partial charge in [0.2, 0.25) is 0 Å². The van der Waals surface area contributed by atoms with Gasteiger partial charge in [0, 0.05) is 43.7 Å². The van der Waals surface area contributed by atoms with Crippen molar-refractivity contribution in [2.45, 2.75) is 30.4 Å². The molecule has 1 fully saturated rings. The largest absolute Gasteiger partial charge is 0.480 e. The predicted octanol–water partition coefficient (Wildman–Crippen LogP) is 1.67. The Morgan fingerprint density at radius 1 is 1.16 bits per heavy atom. The highest BCUT2D eigenvalue weighted by atomic mass is 32.2. The zero-order chi connectivity index (χ0) is 21.7. The molecule has 1 saturated heterocycles. The molecule has 8 nitrogen and oxygen atoms in total. The first-order chi connectivity index (χ1) is 15.7. The second-order valence-electron chi connectivity index (χ2n) is 8.83. The lowest BCUT2D eigenvalue weighted by Gasteiger charge is -2.22. The van der Waals surface area contributed by atoms with Crippen molar-refractivity contribution in [3.63, 3.8) is 0 Å². The highest BCUT2D eigenvalue weighted by molar-refractivity contribution is 7.99. The van der Waals surface area contributed by atoms with Gasteiger partial charge < -0.3 is 15.0 Å². The molecule has 1 N–H and O–H groups in total. The van der Waals surface area contributed by atoms with Crippen LogP contribution in [0.25, 0.3) is 11.0 Å². The Bertz CT molecular complexity index is 1300. The Hall–Kier alpha value is -2.62. The second kappa shape index (κ2) is 8.06. The normalized spacial score (nSPS) is 21.9. The molecule has 0 aromatic carbocycles. The van der Waals surface area contributed by atoms with Gasteiger partial charge in [0.1, 0.15) is 11.6 Å². The molecule has 0 amide bonds. The molecule has 6 rings (SSSR count). The van der Waals surface area contributed by atoms with Crippen molar-refractivity contribution in [3.8, 4) is 5.75 Å². The minimum atomic E-state index is -0.0343. The van der Waals surface area contributed by atoms with Crippen molar-refractivity contribution >= 4 is 22.8 Å². The molecule has 2 unspecified atom stereocenters. The van der Waals surface area contributed by atoms with Crippen LogP contribution < -0.4 is 21.2 Å². The number of nitrogens with one attached hydrogen (secondary N) is 1. The lowest BCUT2D eigenvalue weighted by atomic mass is 10.1. The lowest BCUT2D eigenvalue weighted by Crippen LogP contribution is -2.34. The summed E-state index contributed by atoms with van der Waals surface area (Å²) in [6, 6.07) is 8.95. The number of rotatable bonds is 6. The third-order valence-corrected chi connectivity index (χ3v) is 7.58. The number of aromatic nitrogens is 3. The molecule has 0 radical (unpaired) electrons. The Kier molecular flexibility index (Phi) is 5.04. The number of hydrogen-bond donors (Lipinski definition) is 1. The van der Waals surface area contributed by atoms with Gasteiger partial charge in [-0.2, -0.15) is 0 Å². The SMILES string of the molecule is O=c1ccc2ccc(=O)n3c2n1CC3CN1CCC(CNCc2cc3c(cn2)OCS3)C1. The topological polar surface area (TPSA) is 81.4 Å². The molecule has 9 heteroatoms. The van der Waals surface area contributed by atoms with E-state index in [2.05, 4.69) is 21.3 Å². The molecule has 0 aliphatic carbocycles. The molecule has 3 aromatic rings. The van der Waals surface area contributed by atoms with E-state index in [9.17, 15) is 9.59 Å². The van der Waals surface area contributed by atoms with Crippen molar-refractivity contribution in [1.29, 1.82) is 0 Å². The van der Waals surface area contributed by atoms with E-state index >= 15 is 0 Å². The third kappa shape index (κ3) is 3.54. The molecule has 3 aliphatic heterocycles. The summed E-state index contributed by atoms with van der Waals surface area (Å²) < 4.78 is 9.07. The standard InChI is InChI=1S/C23H25N5O3S/c29-21-3-1-16-2-4-22(30)28-18(13-27(21)23(16)28)12-26-6-5-15(11-26)8-24-9-17-7-20-19(10-25-17)31-14-32-20/h1-4,7,10,15,18,24H,5-6,8-9,11-14H2. The van der Waals surface area contributed by atoms with Crippen molar-refractivity contribution in [2.24, 2.45) is 5.92 Å². The molecular formula is C23H25N5O3S. The van der Waals surface area contributed by atoms with Crippen LogP contribution in [-0.4, -0.2) is 51.1 Å². The molecule has 0 saturated carbocycles. The Morgan fingerprint density at radius 3 is 2.94 bits per heavy atom. The number of hydrogen-bond acceptors (Lipinski definition) is 7. The van der Waals surface area contributed by atoms with E-state index in [1.54, 1.807) is 28.5 Å². The molecule has 0 spiro atoms. The summed E-state index contributed by atoms with van der Waals surface area (Å²) in [6.07, 6.45) is 2.95. The number of fused-ring (bicyclic) bond motifs is 1. The average Bonchev–Trinajstić information content (AvgIpc) is 3.52. The molecule has 3 aliphatic rings. The summed E-state index contributed by atoms with van der Waals surface area (Å²) >= 11 is 1.71. The smallest absolute Gasteiger partial charge is 0.252 e. The monoisotopic (exact) mass is 451 g/mol. The summed E-state index contributed by atoms with van der Waals surface area (Å²) in [6.45, 7) is 5.08. The van der Waals surface area contributed by atoms with Gasteiger partial charge in [-0.3, -0.25) is 23.7 Å². The summed E-state index contributed by atoms with van der Waals surface area (Å²) in [5.74, 6) is 2.13. The van der Waals surface area contributed by atoms with E-state index in [0.29, 0.717) is 18.4 Å². The fraction of sp³-hybridized carbons (Fsp3) is 0.435. The van der Waals surface area contributed by atoms with Crippen LogP contribution in [0.1, 0.15) is 18.2 Å². The predicted molar refractivity (Wildman–Crippen MR) is 123 cm³/mol. The van der Waals surface area contributed by atoms with Crippen molar-refractivity contribution in [1.82, 2.24) is 24.3 Å². The maximum atomic E-state index is 12.6. The quantitative estimate of drug-likeness (QED) is 0.611. The van der Waals surface area contributed by atoms with Gasteiger partial charge in [0.15, 0.2) is 5.75 Å². The fourth-order valence-electron chi connectivity index (χ4n) is 5.18. The molecule has 6 heterocycles. The van der Waals surface area contributed by atoms with Crippen LogP contribution in [0.3, 0.4) is 0 Å². The molecule has 0 bridgehead atoms. The van der Waals surface area contributed by atoms with Crippen LogP contribution in [0.5, 0.6) is 5.75 Å². The maximum absolute atomic E-state index is 12.6. The van der Waals surface area contributed by atoms with Gasteiger partial charge in [-0.25, -0.2) is 0 Å². The van der Waals surface area contributed by atoms with Crippen LogP contribution in [0.2, 0.25) is 0 Å². The fourth-order valence-corrected chi connectivity index (χ4v) is 5.96. The first-order valence-electron chi connectivity index (χ1n) is 11.1. The third-order valence-electron chi connectivity index (χ3n) is 6.71. The van der Waals surface area contributed by atoms with Crippen molar-refractivity contribution < 1.29 is 4.74 Å². The van der Waals surface area contributed by atoms with Gasteiger partial charge in [-0.15, -0.1) is 0 Å². The number of ether oxygens (including phenoxy) is 1. The summed E-state index contributed by atoms with van der Waals surface area (Å²) in [5.41, 5.74) is 1.74. The lowest BCUT2D eigenvalue weighted by molar-refractivity contribution is 0.264. The van der Waals surface area contributed by atoms with Gasteiger partial charge in [-0.05, 0) is 43.6 Å². The van der Waals surface area contributed by atoms with Crippen LogP contribution in [-0.2, 0) is 13.1 Å². The second-order valence-corrected chi connectivity index (χ2v) is 9.79. The minimum absolute atomic E-state index is 0.00309. The number of pyridine rings is 3. The highest BCUT2D eigenvalue weighted by Gasteiger charge is 2.30. The van der Waals surface area contributed by atoms with Gasteiger partial charge in [-0.1, -0.05) is 11.8 Å². The Balaban J connectivity index is 1.07. The van der Waals surface area contributed by atoms with E-state index in [4.69, 9.17) is 4.74 Å². The van der Waals surface area contributed by atoms with E-state index in [1.165, 1.54) is 4.90 Å². The number of likely N-dealkylation sites (tertiary alicyclic amines) is 1. The Morgan fingerprint density at radius 2 is 2.03 bits per heavy atom. The molecule has 2 atom stereocenters. The zero-order valence-corrected chi connectivity index (χ0v) is 18.5. The van der Waals surface area contributed by atoms with E-state index in [0.717, 1.165) is 61.6 Å². The molecule has 3 aromatic heterocycles. The van der Waals surface area contributed by atoms with Gasteiger partial charge in [0.25, 0.3) is 11.1 Å². The van der Waals surface area contributed by atoms with Gasteiger partial charge >= 0.3 is 0 Å². The summed E-state index contributed by atoms with van der Waals surface area (Å²) in [5, 5.41) is 4.50. The van der Waals surface area contributed by atoms with E-state index < -0.39 is 0 Å². The zero-order valence-electron chi connectivity index (χ0n) is 17.7. The van der Waals surface area contributed by atoms with E-state index in [1.807, 2.05) is 22.9 Å². The van der Waals surface area contributed by atoms with Gasteiger partial charge in [0.05, 0.1) is 22.8 Å². The Labute approximate surface area is 189 Å². The highest BCUT2D eigenvalue weighted by Crippen LogP contribution is 2.35. The van der Waals surface area contributed by atoms with Crippen molar-refractivity contribution in [3.05, 3.63) is 62.9 Å². The van der Waals surface area contributed by atoms with Crippen LogP contribution in [0, 0.1) is 5.92 Å². The van der Waals surface area contributed by atoms with Crippen LogP contribution >= 0.6 is 11.8 Å². The summed E-state index contributed by atoms with van der Waals surface area (Å²) in [4.78, 5) is 33.0. The first-order valence-corrected chi connectivity index (χ1v) is 12.1. The summed E-state index contributed by atoms with van der Waals surface area (Å²) in [7, 11) is 0. The van der Waals surface area contributed by atoms with Crippen molar-refractivity contribution in [2.75, 3.05) is 32.1 Å². The maximum Gasteiger partial charge on any atom is 0.252 e. The molecule has 166 valence electrons. The van der Waals surface area contributed by atoms with E-state index in [-0.39, 0.29) is 17.2 Å². The first kappa shape index (κ1) is 20.0. The molecular weight excluding hydrogens is 426 g/mol. The molecule has 32 heavy (non-hydrogen) atoms. The average molecular weight is 452 g/mol. The van der Waals surface area contributed by atoms with Crippen LogP contribution in [0.4, 0.5) is 0 Å². The van der Waals surface area contributed by atoms with Crippen LogP contribution in [0.15, 0.2) is 51.0 Å².